The Morgan fingerprint density at radius 1 is 1.38 bits per heavy atom. The van der Waals surface area contributed by atoms with Gasteiger partial charge in [0.2, 0.25) is 0 Å². The number of aryl methyl sites for hydroxylation is 1. The molecule has 3 rings (SSSR count). The number of carbonyl (C=O) groups excluding carboxylic acids is 1. The van der Waals surface area contributed by atoms with Gasteiger partial charge in [0.15, 0.2) is 11.5 Å². The minimum atomic E-state index is -4.80. The Kier molecular flexibility index (Phi) is 3.78. The molecule has 0 spiro atoms. The predicted molar refractivity (Wildman–Crippen MR) is 78.0 cm³/mol. The van der Waals surface area contributed by atoms with E-state index in [4.69, 9.17) is 0 Å². The minimum Gasteiger partial charge on any atom is -0.462 e. The van der Waals surface area contributed by atoms with Crippen molar-refractivity contribution < 1.29 is 22.7 Å². The summed E-state index contributed by atoms with van der Waals surface area (Å²) in [5, 5.41) is 3.74. The number of esters is 1. The van der Waals surface area contributed by atoms with E-state index >= 15 is 0 Å². The van der Waals surface area contributed by atoms with E-state index in [2.05, 4.69) is 14.8 Å². The molecule has 0 aliphatic rings. The van der Waals surface area contributed by atoms with Crippen molar-refractivity contribution in [2.75, 3.05) is 6.61 Å². The number of carbonyl (C=O) groups is 1. The van der Waals surface area contributed by atoms with Gasteiger partial charge in [-0.1, -0.05) is 0 Å². The molecule has 0 aliphatic carbocycles. The topological polar surface area (TPSA) is 61.4 Å². The molecule has 24 heavy (non-hydrogen) atoms. The number of hydrogen-bond donors (Lipinski definition) is 0. The van der Waals surface area contributed by atoms with Crippen molar-refractivity contribution in [2.24, 2.45) is 0 Å². The summed E-state index contributed by atoms with van der Waals surface area (Å²) in [5.74, 6) is -1.09. The first-order valence-corrected chi connectivity index (χ1v) is 7.09. The van der Waals surface area contributed by atoms with Gasteiger partial charge >= 0.3 is 12.1 Å². The number of nitrogens with zero attached hydrogens (tertiary/aromatic N) is 4. The van der Waals surface area contributed by atoms with Gasteiger partial charge in [0, 0.05) is 18.6 Å². The molecule has 126 valence electrons. The molecule has 0 aliphatic heterocycles. The summed E-state index contributed by atoms with van der Waals surface area (Å²) in [6, 6.07) is 1.69. The van der Waals surface area contributed by atoms with Crippen LogP contribution in [0.15, 0.2) is 30.9 Å². The molecular weight excluding hydrogens is 325 g/mol. The van der Waals surface area contributed by atoms with Gasteiger partial charge in [0.25, 0.3) is 0 Å². The molecule has 6 nitrogen and oxygen atoms in total. The Labute approximate surface area is 134 Å². The second kappa shape index (κ2) is 5.66. The summed E-state index contributed by atoms with van der Waals surface area (Å²) in [6.45, 7) is 3.29. The van der Waals surface area contributed by atoms with Crippen LogP contribution in [0.4, 0.5) is 13.2 Å². The number of rotatable bonds is 3. The highest BCUT2D eigenvalue weighted by molar-refractivity contribution is 5.91. The molecule has 3 heterocycles. The van der Waals surface area contributed by atoms with Gasteiger partial charge < -0.3 is 9.14 Å². The van der Waals surface area contributed by atoms with Crippen LogP contribution in [-0.2, 0) is 10.9 Å². The quantitative estimate of drug-likeness (QED) is 0.689. The Morgan fingerprint density at radius 2 is 2.12 bits per heavy atom. The fourth-order valence-corrected chi connectivity index (χ4v) is 2.46. The van der Waals surface area contributed by atoms with Crippen molar-refractivity contribution in [3.63, 3.8) is 0 Å². The Morgan fingerprint density at radius 3 is 2.79 bits per heavy atom. The average Bonchev–Trinajstić information content (AvgIpc) is 3.08. The van der Waals surface area contributed by atoms with E-state index in [0.29, 0.717) is 10.2 Å². The smallest absolute Gasteiger partial charge is 0.434 e. The number of fused-ring (bicyclic) bond motifs is 1. The van der Waals surface area contributed by atoms with Crippen LogP contribution in [0.2, 0.25) is 0 Å². The highest BCUT2D eigenvalue weighted by Gasteiger charge is 2.41. The minimum absolute atomic E-state index is 0.0199. The first kappa shape index (κ1) is 16.0. The van der Waals surface area contributed by atoms with Crippen LogP contribution in [0, 0.1) is 6.92 Å². The summed E-state index contributed by atoms with van der Waals surface area (Å²) >= 11 is 0. The largest absolute Gasteiger partial charge is 0.462 e. The summed E-state index contributed by atoms with van der Waals surface area (Å²) in [5.41, 5.74) is -0.550. The molecule has 3 aromatic heterocycles. The molecule has 0 bridgehead atoms. The zero-order valence-electron chi connectivity index (χ0n) is 12.8. The number of alkyl halides is 3. The van der Waals surface area contributed by atoms with E-state index in [0.717, 1.165) is 11.8 Å². The van der Waals surface area contributed by atoms with Gasteiger partial charge in [0.05, 0.1) is 18.3 Å². The summed E-state index contributed by atoms with van der Waals surface area (Å²) in [6.07, 6.45) is 0.794. The van der Waals surface area contributed by atoms with E-state index in [1.54, 1.807) is 22.9 Å². The zero-order valence-corrected chi connectivity index (χ0v) is 12.8. The molecular formula is C15H13F3N4O2. The van der Waals surface area contributed by atoms with Crippen molar-refractivity contribution in [3.8, 4) is 5.82 Å². The van der Waals surface area contributed by atoms with E-state index in [9.17, 15) is 18.0 Å². The Balaban J connectivity index is 2.26. The standard InChI is InChI=1S/C15H13F3N4O2/c1-3-24-14(23)10-7-20-22(12(10)15(16,17)18)13-11-6-9(2)8-21(11)5-4-19-13/h4-8H,3H2,1-2H3. The summed E-state index contributed by atoms with van der Waals surface area (Å²) < 4.78 is 47.5. The van der Waals surface area contributed by atoms with Crippen LogP contribution in [0.5, 0.6) is 0 Å². The second-order valence-electron chi connectivity index (χ2n) is 5.10. The van der Waals surface area contributed by atoms with Crippen molar-refractivity contribution in [3.05, 3.63) is 47.7 Å². The lowest BCUT2D eigenvalue weighted by Gasteiger charge is -2.12. The fraction of sp³-hybridized carbons (Fsp3) is 0.267. The number of aromatic nitrogens is 4. The molecule has 0 saturated carbocycles. The molecule has 0 atom stereocenters. The molecule has 0 aromatic carbocycles. The first-order chi connectivity index (χ1) is 11.3. The Hall–Kier alpha value is -2.84. The molecule has 3 aromatic rings. The lowest BCUT2D eigenvalue weighted by Crippen LogP contribution is -2.19. The zero-order chi connectivity index (χ0) is 17.5. The van der Waals surface area contributed by atoms with Gasteiger partial charge in [-0.15, -0.1) is 0 Å². The predicted octanol–water partition coefficient (Wildman–Crippen LogP) is 3.02. The van der Waals surface area contributed by atoms with Crippen molar-refractivity contribution in [1.82, 2.24) is 19.2 Å². The van der Waals surface area contributed by atoms with Crippen LogP contribution < -0.4 is 0 Å². The summed E-state index contributed by atoms with van der Waals surface area (Å²) in [4.78, 5) is 15.8. The molecule has 0 N–H and O–H groups in total. The molecule has 9 heteroatoms. The Bertz CT molecular complexity index is 911. The molecule has 0 saturated heterocycles. The van der Waals surface area contributed by atoms with E-state index in [1.165, 1.54) is 13.1 Å². The third-order valence-corrected chi connectivity index (χ3v) is 3.37. The molecule has 0 fully saturated rings. The maximum atomic E-state index is 13.5. The van der Waals surface area contributed by atoms with Gasteiger partial charge in [-0.05, 0) is 25.5 Å². The van der Waals surface area contributed by atoms with Crippen LogP contribution >= 0.6 is 0 Å². The van der Waals surface area contributed by atoms with Crippen molar-refractivity contribution in [2.45, 2.75) is 20.0 Å². The highest BCUT2D eigenvalue weighted by atomic mass is 19.4. The van der Waals surface area contributed by atoms with E-state index in [-0.39, 0.29) is 12.4 Å². The van der Waals surface area contributed by atoms with Gasteiger partial charge in [-0.3, -0.25) is 0 Å². The monoisotopic (exact) mass is 338 g/mol. The van der Waals surface area contributed by atoms with Gasteiger partial charge in [0.1, 0.15) is 5.56 Å². The lowest BCUT2D eigenvalue weighted by molar-refractivity contribution is -0.143. The first-order valence-electron chi connectivity index (χ1n) is 7.09. The van der Waals surface area contributed by atoms with Gasteiger partial charge in [-0.25, -0.2) is 14.5 Å². The lowest BCUT2D eigenvalue weighted by atomic mass is 10.2. The molecule has 0 radical (unpaired) electrons. The number of halogens is 3. The van der Waals surface area contributed by atoms with Crippen LogP contribution in [-0.4, -0.2) is 31.7 Å². The maximum absolute atomic E-state index is 13.5. The van der Waals surface area contributed by atoms with Gasteiger partial charge in [-0.2, -0.15) is 18.3 Å². The van der Waals surface area contributed by atoms with E-state index in [1.807, 2.05) is 6.92 Å². The fourth-order valence-electron chi connectivity index (χ4n) is 2.46. The van der Waals surface area contributed by atoms with Crippen LogP contribution in [0.3, 0.4) is 0 Å². The van der Waals surface area contributed by atoms with Crippen molar-refractivity contribution in [1.29, 1.82) is 0 Å². The van der Waals surface area contributed by atoms with Crippen LogP contribution in [0.25, 0.3) is 11.3 Å². The van der Waals surface area contributed by atoms with Crippen LogP contribution in [0.1, 0.15) is 28.5 Å². The second-order valence-corrected chi connectivity index (χ2v) is 5.10. The number of hydrogen-bond acceptors (Lipinski definition) is 4. The average molecular weight is 338 g/mol. The third kappa shape index (κ3) is 2.61. The SMILES string of the molecule is CCOC(=O)c1cnn(-c2nccn3cc(C)cc23)c1C(F)(F)F. The van der Waals surface area contributed by atoms with E-state index < -0.39 is 23.4 Å². The molecule has 0 unspecified atom stereocenters. The molecule has 0 amide bonds. The highest BCUT2D eigenvalue weighted by Crippen LogP contribution is 2.34. The normalized spacial score (nSPS) is 11.9. The maximum Gasteiger partial charge on any atom is 0.434 e. The summed E-state index contributed by atoms with van der Waals surface area (Å²) in [7, 11) is 0. The number of ether oxygens (including phenoxy) is 1. The van der Waals surface area contributed by atoms with Crippen molar-refractivity contribution >= 4 is 11.5 Å². The third-order valence-electron chi connectivity index (χ3n) is 3.37.